The second-order valence-electron chi connectivity index (χ2n) is 6.98. The number of fused-ring (bicyclic) bond motifs is 1. The summed E-state index contributed by atoms with van der Waals surface area (Å²) in [4.78, 5) is 38.0. The molecule has 2 amide bonds. The van der Waals surface area contributed by atoms with Crippen LogP contribution in [0.5, 0.6) is 0 Å². The van der Waals surface area contributed by atoms with Gasteiger partial charge in [-0.1, -0.05) is 30.7 Å². The van der Waals surface area contributed by atoms with Gasteiger partial charge in [0.1, 0.15) is 5.00 Å². The van der Waals surface area contributed by atoms with Gasteiger partial charge >= 0.3 is 17.8 Å². The lowest BCUT2D eigenvalue weighted by atomic mass is 9.88. The molecule has 1 unspecified atom stereocenters. The summed E-state index contributed by atoms with van der Waals surface area (Å²) in [6, 6.07) is 6.88. The van der Waals surface area contributed by atoms with E-state index in [0.717, 1.165) is 29.7 Å². The number of nitrogens with one attached hydrogen (secondary N) is 2. The van der Waals surface area contributed by atoms with Crippen molar-refractivity contribution in [3.63, 3.8) is 0 Å². The molecule has 0 saturated carbocycles. The van der Waals surface area contributed by atoms with E-state index in [1.54, 1.807) is 31.2 Å². The maximum Gasteiger partial charge on any atom is 0.341 e. The summed E-state index contributed by atoms with van der Waals surface area (Å²) in [5.74, 6) is -1.84. The summed E-state index contributed by atoms with van der Waals surface area (Å²) in [5.41, 5.74) is 4.11. The van der Waals surface area contributed by atoms with Gasteiger partial charge in [-0.3, -0.25) is 9.59 Å². The monoisotopic (exact) mass is 447 g/mol. The quantitative estimate of drug-likeness (QED) is 0.315. The predicted octanol–water partition coefficient (Wildman–Crippen LogP) is 3.79. The Bertz CT molecular complexity index is 1000. The summed E-state index contributed by atoms with van der Waals surface area (Å²) in [5, 5.41) is 7.20. The maximum atomic E-state index is 12.5. The molecular formula is C21H22ClN3O4S. The average molecular weight is 448 g/mol. The summed E-state index contributed by atoms with van der Waals surface area (Å²) in [7, 11) is 0. The number of carbonyl (C=O) groups excluding carboxylic acids is 3. The van der Waals surface area contributed by atoms with Crippen LogP contribution in [-0.4, -0.2) is 30.6 Å². The second-order valence-corrected chi connectivity index (χ2v) is 8.53. The largest absolute Gasteiger partial charge is 0.462 e. The van der Waals surface area contributed by atoms with Crippen molar-refractivity contribution in [1.82, 2.24) is 5.43 Å². The van der Waals surface area contributed by atoms with Crippen LogP contribution in [0.1, 0.15) is 46.6 Å². The van der Waals surface area contributed by atoms with Crippen molar-refractivity contribution in [2.75, 3.05) is 11.9 Å². The number of nitrogens with zero attached hydrogens (tertiary/aromatic N) is 1. The summed E-state index contributed by atoms with van der Waals surface area (Å²) in [6.45, 7) is 4.10. The van der Waals surface area contributed by atoms with Crippen molar-refractivity contribution >= 4 is 51.9 Å². The highest BCUT2D eigenvalue weighted by Gasteiger charge is 2.30. The first-order valence-electron chi connectivity index (χ1n) is 9.60. The third-order valence-electron chi connectivity index (χ3n) is 4.65. The SMILES string of the molecule is CCOC(=O)c1c(NC(=O)C(=O)N/N=C/c2cccc(Cl)c2)sc2c1CCC(C)C2. The average Bonchev–Trinajstić information content (AvgIpc) is 3.04. The zero-order valence-electron chi connectivity index (χ0n) is 16.7. The molecule has 0 radical (unpaired) electrons. The fourth-order valence-corrected chi connectivity index (χ4v) is 4.81. The van der Waals surface area contributed by atoms with Crippen molar-refractivity contribution < 1.29 is 19.1 Å². The maximum absolute atomic E-state index is 12.5. The lowest BCUT2D eigenvalue weighted by Gasteiger charge is -2.18. The van der Waals surface area contributed by atoms with Gasteiger partial charge in [-0.15, -0.1) is 11.3 Å². The van der Waals surface area contributed by atoms with Crippen LogP contribution in [0.15, 0.2) is 29.4 Å². The summed E-state index contributed by atoms with van der Waals surface area (Å²) < 4.78 is 5.17. The number of amides is 2. The lowest BCUT2D eigenvalue weighted by molar-refractivity contribution is -0.136. The molecule has 1 atom stereocenters. The molecule has 158 valence electrons. The van der Waals surface area contributed by atoms with Crippen molar-refractivity contribution in [2.24, 2.45) is 11.0 Å². The minimum absolute atomic E-state index is 0.228. The molecular weight excluding hydrogens is 426 g/mol. The zero-order valence-corrected chi connectivity index (χ0v) is 18.2. The van der Waals surface area contributed by atoms with Gasteiger partial charge in [-0.05, 0) is 55.4 Å². The molecule has 9 heteroatoms. The number of hydrogen-bond donors (Lipinski definition) is 2. The molecule has 0 spiro atoms. The molecule has 2 N–H and O–H groups in total. The minimum Gasteiger partial charge on any atom is -0.462 e. The minimum atomic E-state index is -0.942. The molecule has 1 aliphatic rings. The Morgan fingerprint density at radius 3 is 2.87 bits per heavy atom. The van der Waals surface area contributed by atoms with Crippen LogP contribution in [0.25, 0.3) is 0 Å². The van der Waals surface area contributed by atoms with Crippen molar-refractivity contribution in [3.05, 3.63) is 50.9 Å². The highest BCUT2D eigenvalue weighted by atomic mass is 35.5. The molecule has 30 heavy (non-hydrogen) atoms. The van der Waals surface area contributed by atoms with Gasteiger partial charge in [0.25, 0.3) is 0 Å². The van der Waals surface area contributed by atoms with Crippen LogP contribution >= 0.6 is 22.9 Å². The summed E-state index contributed by atoms with van der Waals surface area (Å²) >= 11 is 7.21. The normalized spacial score (nSPS) is 15.5. The molecule has 0 fully saturated rings. The van der Waals surface area contributed by atoms with Gasteiger partial charge in [0.15, 0.2) is 0 Å². The molecule has 3 rings (SSSR count). The van der Waals surface area contributed by atoms with Crippen molar-refractivity contribution in [3.8, 4) is 0 Å². The smallest absolute Gasteiger partial charge is 0.341 e. The Kier molecular flexibility index (Phi) is 7.23. The highest BCUT2D eigenvalue weighted by molar-refractivity contribution is 7.17. The van der Waals surface area contributed by atoms with Crippen molar-refractivity contribution in [1.29, 1.82) is 0 Å². The molecule has 1 heterocycles. The second kappa shape index (κ2) is 9.86. The van der Waals surface area contributed by atoms with Gasteiger partial charge < -0.3 is 10.1 Å². The number of thiophene rings is 1. The number of halogens is 1. The zero-order chi connectivity index (χ0) is 21.7. The van der Waals surface area contributed by atoms with Crippen LogP contribution in [0.2, 0.25) is 5.02 Å². The van der Waals surface area contributed by atoms with E-state index in [1.165, 1.54) is 17.6 Å². The Morgan fingerprint density at radius 2 is 2.13 bits per heavy atom. The van der Waals surface area contributed by atoms with Crippen LogP contribution in [-0.2, 0) is 27.2 Å². The molecule has 2 aromatic rings. The molecule has 1 aromatic carbocycles. The van der Waals surface area contributed by atoms with E-state index in [2.05, 4.69) is 22.8 Å². The number of esters is 1. The fourth-order valence-electron chi connectivity index (χ4n) is 3.22. The third-order valence-corrected chi connectivity index (χ3v) is 6.06. The number of carbonyl (C=O) groups is 3. The Hall–Kier alpha value is -2.71. The third kappa shape index (κ3) is 5.25. The molecule has 0 bridgehead atoms. The van der Waals surface area contributed by atoms with Gasteiger partial charge in [0.2, 0.25) is 0 Å². The van der Waals surface area contributed by atoms with Gasteiger partial charge in [0, 0.05) is 9.90 Å². The van der Waals surface area contributed by atoms with E-state index in [4.69, 9.17) is 16.3 Å². The van der Waals surface area contributed by atoms with Crippen LogP contribution in [0, 0.1) is 5.92 Å². The Balaban J connectivity index is 1.72. The first-order chi connectivity index (χ1) is 14.4. The predicted molar refractivity (Wildman–Crippen MR) is 117 cm³/mol. The first kappa shape index (κ1) is 22.0. The van der Waals surface area contributed by atoms with Crippen LogP contribution in [0.3, 0.4) is 0 Å². The molecule has 7 nitrogen and oxygen atoms in total. The Labute approximate surface area is 183 Å². The molecule has 0 aliphatic heterocycles. The van der Waals surface area contributed by atoms with Gasteiger partial charge in [0.05, 0.1) is 18.4 Å². The standard InChI is InChI=1S/C21H22ClN3O4S/c1-3-29-21(28)17-15-8-7-12(2)9-16(15)30-20(17)24-18(26)19(27)25-23-11-13-5-4-6-14(22)10-13/h4-6,10-12H,3,7-9H2,1-2H3,(H,24,26)(H,25,27)/b23-11+. The summed E-state index contributed by atoms with van der Waals surface area (Å²) in [6.07, 6.45) is 3.92. The van der Waals surface area contributed by atoms with E-state index in [0.29, 0.717) is 27.1 Å². The van der Waals surface area contributed by atoms with E-state index in [9.17, 15) is 14.4 Å². The first-order valence-corrected chi connectivity index (χ1v) is 10.8. The molecule has 1 aromatic heterocycles. The number of hydrogen-bond acceptors (Lipinski definition) is 6. The van der Waals surface area contributed by atoms with E-state index >= 15 is 0 Å². The topological polar surface area (TPSA) is 96.9 Å². The fraction of sp³-hybridized carbons (Fsp3) is 0.333. The number of rotatable bonds is 5. The Morgan fingerprint density at radius 1 is 1.33 bits per heavy atom. The molecule has 0 saturated heterocycles. The van der Waals surface area contributed by atoms with Gasteiger partial charge in [-0.2, -0.15) is 5.10 Å². The van der Waals surface area contributed by atoms with Gasteiger partial charge in [-0.25, -0.2) is 10.2 Å². The van der Waals surface area contributed by atoms with Crippen LogP contribution in [0.4, 0.5) is 5.00 Å². The van der Waals surface area contributed by atoms with Crippen LogP contribution < -0.4 is 10.7 Å². The highest BCUT2D eigenvalue weighted by Crippen LogP contribution is 2.40. The lowest BCUT2D eigenvalue weighted by Crippen LogP contribution is -2.32. The number of ether oxygens (including phenoxy) is 1. The molecule has 1 aliphatic carbocycles. The van der Waals surface area contributed by atoms with Crippen molar-refractivity contribution in [2.45, 2.75) is 33.1 Å². The number of hydrazone groups is 1. The van der Waals surface area contributed by atoms with E-state index in [1.807, 2.05) is 0 Å². The van der Waals surface area contributed by atoms with E-state index < -0.39 is 17.8 Å². The number of anilines is 1. The number of benzene rings is 1. The van der Waals surface area contributed by atoms with E-state index in [-0.39, 0.29) is 6.61 Å².